The Morgan fingerprint density at radius 1 is 1.38 bits per heavy atom. The molecule has 1 rings (SSSR count). The predicted octanol–water partition coefficient (Wildman–Crippen LogP) is 2.04. The Kier molecular flexibility index (Phi) is 4.05. The van der Waals surface area contributed by atoms with E-state index in [9.17, 15) is 9.59 Å². The smallest absolute Gasteiger partial charge is 0.306 e. The molecule has 0 bridgehead atoms. The van der Waals surface area contributed by atoms with Gasteiger partial charge in [0.1, 0.15) is 0 Å². The zero-order valence-corrected chi connectivity index (χ0v) is 9.36. The highest BCUT2D eigenvalue weighted by Crippen LogP contribution is 2.14. The van der Waals surface area contributed by atoms with E-state index < -0.39 is 11.9 Å². The number of anilines is 1. The van der Waals surface area contributed by atoms with Crippen molar-refractivity contribution in [1.29, 1.82) is 0 Å². The van der Waals surface area contributed by atoms with Gasteiger partial charge in [0.2, 0.25) is 5.91 Å². The maximum Gasteiger partial charge on any atom is 0.306 e. The molecule has 1 aromatic carbocycles. The molecule has 0 aliphatic rings. The SMILES string of the molecule is Cc1ccccc1NC(=O)CC(C)C(=O)O. The van der Waals surface area contributed by atoms with Crippen LogP contribution in [0.5, 0.6) is 0 Å². The topological polar surface area (TPSA) is 66.4 Å². The summed E-state index contributed by atoms with van der Waals surface area (Å²) in [6, 6.07) is 7.38. The van der Waals surface area contributed by atoms with Crippen LogP contribution in [0, 0.1) is 12.8 Å². The molecular weight excluding hydrogens is 206 g/mol. The largest absolute Gasteiger partial charge is 0.481 e. The summed E-state index contributed by atoms with van der Waals surface area (Å²) in [6.45, 7) is 3.40. The van der Waals surface area contributed by atoms with Crippen LogP contribution in [0.3, 0.4) is 0 Å². The molecule has 0 heterocycles. The van der Waals surface area contributed by atoms with Gasteiger partial charge < -0.3 is 10.4 Å². The second-order valence-electron chi connectivity index (χ2n) is 3.81. The van der Waals surface area contributed by atoms with Crippen molar-refractivity contribution in [3.05, 3.63) is 29.8 Å². The Balaban J connectivity index is 2.59. The van der Waals surface area contributed by atoms with Gasteiger partial charge in [0.05, 0.1) is 5.92 Å². The molecule has 1 unspecified atom stereocenters. The number of nitrogens with one attached hydrogen (secondary N) is 1. The Labute approximate surface area is 94.3 Å². The zero-order chi connectivity index (χ0) is 12.1. The number of hydrogen-bond acceptors (Lipinski definition) is 2. The number of rotatable bonds is 4. The van der Waals surface area contributed by atoms with Crippen molar-refractivity contribution in [1.82, 2.24) is 0 Å². The zero-order valence-electron chi connectivity index (χ0n) is 9.36. The monoisotopic (exact) mass is 221 g/mol. The quantitative estimate of drug-likeness (QED) is 0.817. The van der Waals surface area contributed by atoms with Crippen molar-refractivity contribution in [2.75, 3.05) is 5.32 Å². The van der Waals surface area contributed by atoms with Crippen molar-refractivity contribution in [2.24, 2.45) is 5.92 Å². The van der Waals surface area contributed by atoms with E-state index in [2.05, 4.69) is 5.32 Å². The molecule has 0 aliphatic heterocycles. The molecule has 0 spiro atoms. The first-order chi connectivity index (χ1) is 7.50. The fourth-order valence-corrected chi connectivity index (χ4v) is 1.28. The first-order valence-electron chi connectivity index (χ1n) is 5.09. The van der Waals surface area contributed by atoms with Crippen LogP contribution in [0.4, 0.5) is 5.69 Å². The van der Waals surface area contributed by atoms with Gasteiger partial charge in [-0.3, -0.25) is 9.59 Å². The number of carboxylic acids is 1. The molecule has 2 N–H and O–H groups in total. The van der Waals surface area contributed by atoms with Gasteiger partial charge in [-0.15, -0.1) is 0 Å². The Bertz CT molecular complexity index is 401. The molecule has 0 aliphatic carbocycles. The third-order valence-electron chi connectivity index (χ3n) is 2.33. The molecule has 86 valence electrons. The van der Waals surface area contributed by atoms with Crippen molar-refractivity contribution < 1.29 is 14.7 Å². The summed E-state index contributed by atoms with van der Waals surface area (Å²) in [7, 11) is 0. The van der Waals surface area contributed by atoms with Gasteiger partial charge in [-0.05, 0) is 18.6 Å². The molecule has 0 fully saturated rings. The van der Waals surface area contributed by atoms with Crippen molar-refractivity contribution in [2.45, 2.75) is 20.3 Å². The summed E-state index contributed by atoms with van der Waals surface area (Å²) >= 11 is 0. The summed E-state index contributed by atoms with van der Waals surface area (Å²) in [5.41, 5.74) is 1.68. The van der Waals surface area contributed by atoms with Crippen LogP contribution < -0.4 is 5.32 Å². The number of carbonyl (C=O) groups excluding carboxylic acids is 1. The number of aliphatic carboxylic acids is 1. The number of carboxylic acid groups (broad SMARTS) is 1. The molecule has 1 aromatic rings. The number of para-hydroxylation sites is 1. The van der Waals surface area contributed by atoms with Gasteiger partial charge in [0, 0.05) is 12.1 Å². The molecule has 1 amide bonds. The maximum atomic E-state index is 11.5. The molecule has 0 aromatic heterocycles. The highest BCUT2D eigenvalue weighted by Gasteiger charge is 2.15. The minimum atomic E-state index is -0.958. The highest BCUT2D eigenvalue weighted by molar-refractivity contribution is 5.93. The van der Waals surface area contributed by atoms with E-state index in [1.807, 2.05) is 25.1 Å². The van der Waals surface area contributed by atoms with Gasteiger partial charge in [-0.1, -0.05) is 25.1 Å². The van der Waals surface area contributed by atoms with Crippen LogP contribution in [-0.4, -0.2) is 17.0 Å². The molecule has 16 heavy (non-hydrogen) atoms. The van der Waals surface area contributed by atoms with Crippen molar-refractivity contribution in [3.63, 3.8) is 0 Å². The number of benzene rings is 1. The van der Waals surface area contributed by atoms with E-state index >= 15 is 0 Å². The normalized spacial score (nSPS) is 11.9. The summed E-state index contributed by atoms with van der Waals surface area (Å²) in [5.74, 6) is -1.90. The lowest BCUT2D eigenvalue weighted by atomic mass is 10.1. The summed E-state index contributed by atoms with van der Waals surface area (Å²) in [5, 5.41) is 11.4. The van der Waals surface area contributed by atoms with Crippen LogP contribution in [-0.2, 0) is 9.59 Å². The van der Waals surface area contributed by atoms with E-state index in [0.29, 0.717) is 0 Å². The van der Waals surface area contributed by atoms with E-state index in [0.717, 1.165) is 11.3 Å². The van der Waals surface area contributed by atoms with Gasteiger partial charge in [-0.25, -0.2) is 0 Å². The highest BCUT2D eigenvalue weighted by atomic mass is 16.4. The molecule has 0 radical (unpaired) electrons. The fraction of sp³-hybridized carbons (Fsp3) is 0.333. The number of amides is 1. The summed E-state index contributed by atoms with van der Waals surface area (Å²) in [4.78, 5) is 22.1. The Morgan fingerprint density at radius 3 is 2.56 bits per heavy atom. The van der Waals surface area contributed by atoms with Crippen LogP contribution in [0.15, 0.2) is 24.3 Å². The molecule has 4 nitrogen and oxygen atoms in total. The van der Waals surface area contributed by atoms with Gasteiger partial charge in [0.25, 0.3) is 0 Å². The Morgan fingerprint density at radius 2 is 2.00 bits per heavy atom. The average Bonchev–Trinajstić information content (AvgIpc) is 2.21. The lowest BCUT2D eigenvalue weighted by Crippen LogP contribution is -2.20. The third kappa shape index (κ3) is 3.38. The van der Waals surface area contributed by atoms with E-state index in [1.165, 1.54) is 6.92 Å². The number of aryl methyl sites for hydroxylation is 1. The first kappa shape index (κ1) is 12.2. The standard InChI is InChI=1S/C12H15NO3/c1-8-5-3-4-6-10(8)13-11(14)7-9(2)12(15)16/h3-6,9H,7H2,1-2H3,(H,13,14)(H,15,16). The van der Waals surface area contributed by atoms with E-state index in [-0.39, 0.29) is 12.3 Å². The first-order valence-corrected chi connectivity index (χ1v) is 5.09. The maximum absolute atomic E-state index is 11.5. The number of carbonyl (C=O) groups is 2. The van der Waals surface area contributed by atoms with Crippen LogP contribution in [0.2, 0.25) is 0 Å². The van der Waals surface area contributed by atoms with Crippen molar-refractivity contribution >= 4 is 17.6 Å². The lowest BCUT2D eigenvalue weighted by molar-refractivity contribution is -0.142. The van der Waals surface area contributed by atoms with Crippen LogP contribution in [0.25, 0.3) is 0 Å². The second kappa shape index (κ2) is 5.30. The van der Waals surface area contributed by atoms with Gasteiger partial charge >= 0.3 is 5.97 Å². The third-order valence-corrected chi connectivity index (χ3v) is 2.33. The molecule has 4 heteroatoms. The lowest BCUT2D eigenvalue weighted by Gasteiger charge is -2.09. The second-order valence-corrected chi connectivity index (χ2v) is 3.81. The van der Waals surface area contributed by atoms with Crippen molar-refractivity contribution in [3.8, 4) is 0 Å². The molecular formula is C12H15NO3. The minimum absolute atomic E-state index is 0.0103. The fourth-order valence-electron chi connectivity index (χ4n) is 1.28. The summed E-state index contributed by atoms with van der Waals surface area (Å²) < 4.78 is 0. The van der Waals surface area contributed by atoms with Gasteiger partial charge in [0.15, 0.2) is 0 Å². The minimum Gasteiger partial charge on any atom is -0.481 e. The predicted molar refractivity (Wildman–Crippen MR) is 61.2 cm³/mol. The van der Waals surface area contributed by atoms with E-state index in [1.54, 1.807) is 6.07 Å². The molecule has 0 saturated carbocycles. The van der Waals surface area contributed by atoms with Crippen LogP contribution >= 0.6 is 0 Å². The molecule has 0 saturated heterocycles. The van der Waals surface area contributed by atoms with Gasteiger partial charge in [-0.2, -0.15) is 0 Å². The average molecular weight is 221 g/mol. The summed E-state index contributed by atoms with van der Waals surface area (Å²) in [6.07, 6.45) is -0.0103. The Hall–Kier alpha value is -1.84. The van der Waals surface area contributed by atoms with Crippen LogP contribution in [0.1, 0.15) is 18.9 Å². The molecule has 1 atom stereocenters. The number of hydrogen-bond donors (Lipinski definition) is 2. The van der Waals surface area contributed by atoms with E-state index in [4.69, 9.17) is 5.11 Å².